The van der Waals surface area contributed by atoms with Crippen molar-refractivity contribution in [3.8, 4) is 5.69 Å². The van der Waals surface area contributed by atoms with Crippen molar-refractivity contribution < 1.29 is 4.74 Å². The van der Waals surface area contributed by atoms with E-state index in [2.05, 4.69) is 29.4 Å². The number of benzene rings is 1. The van der Waals surface area contributed by atoms with E-state index in [0.29, 0.717) is 6.61 Å². The number of imidazole rings is 1. The number of nitrogens with zero attached hydrogens (tertiary/aromatic N) is 2. The zero-order valence-corrected chi connectivity index (χ0v) is 11.4. The zero-order valence-electron chi connectivity index (χ0n) is 11.4. The first-order chi connectivity index (χ1) is 9.42. The molecule has 1 N–H and O–H groups in total. The topological polar surface area (TPSA) is 39.1 Å². The highest BCUT2D eigenvalue weighted by atomic mass is 16.5. The third kappa shape index (κ3) is 4.10. The first kappa shape index (κ1) is 13.6. The molecule has 0 saturated carbocycles. The van der Waals surface area contributed by atoms with E-state index in [9.17, 15) is 0 Å². The Kier molecular flexibility index (Phi) is 5.44. The molecule has 102 valence electrons. The minimum absolute atomic E-state index is 0.710. The van der Waals surface area contributed by atoms with Gasteiger partial charge in [0.25, 0.3) is 0 Å². The van der Waals surface area contributed by atoms with Crippen molar-refractivity contribution in [1.29, 1.82) is 0 Å². The average molecular weight is 259 g/mol. The Bertz CT molecular complexity index is 467. The van der Waals surface area contributed by atoms with Gasteiger partial charge in [-0.1, -0.05) is 31.5 Å². The molecule has 4 nitrogen and oxygen atoms in total. The summed E-state index contributed by atoms with van der Waals surface area (Å²) in [5, 5.41) is 3.30. The van der Waals surface area contributed by atoms with Crippen LogP contribution in [0.25, 0.3) is 5.69 Å². The summed E-state index contributed by atoms with van der Waals surface area (Å²) in [6, 6.07) is 10.2. The minimum Gasteiger partial charge on any atom is -0.380 e. The molecule has 0 fully saturated rings. The molecule has 1 aromatic heterocycles. The smallest absolute Gasteiger partial charge is 0.207 e. The van der Waals surface area contributed by atoms with Gasteiger partial charge in [-0.25, -0.2) is 4.98 Å². The summed E-state index contributed by atoms with van der Waals surface area (Å²) >= 11 is 0. The molecule has 2 aromatic rings. The summed E-state index contributed by atoms with van der Waals surface area (Å²) in [5.41, 5.74) is 1.11. The van der Waals surface area contributed by atoms with Gasteiger partial charge in [-0.3, -0.25) is 4.57 Å². The van der Waals surface area contributed by atoms with Crippen molar-refractivity contribution in [2.45, 2.75) is 19.8 Å². The summed E-state index contributed by atoms with van der Waals surface area (Å²) in [7, 11) is 0. The van der Waals surface area contributed by atoms with Gasteiger partial charge in [-0.2, -0.15) is 0 Å². The number of ether oxygens (including phenoxy) is 1. The van der Waals surface area contributed by atoms with Gasteiger partial charge in [0.1, 0.15) is 0 Å². The fourth-order valence-corrected chi connectivity index (χ4v) is 1.81. The van der Waals surface area contributed by atoms with Crippen LogP contribution in [0.4, 0.5) is 5.95 Å². The molecule has 0 aliphatic heterocycles. The third-order valence-corrected chi connectivity index (χ3v) is 2.85. The lowest BCUT2D eigenvalue weighted by Crippen LogP contribution is -2.13. The summed E-state index contributed by atoms with van der Waals surface area (Å²) in [4.78, 5) is 4.32. The predicted octanol–water partition coefficient (Wildman–Crippen LogP) is 3.10. The average Bonchev–Trinajstić information content (AvgIpc) is 2.92. The van der Waals surface area contributed by atoms with Gasteiger partial charge >= 0.3 is 0 Å². The second-order valence-electron chi connectivity index (χ2n) is 4.35. The molecule has 0 bridgehead atoms. The van der Waals surface area contributed by atoms with E-state index < -0.39 is 0 Å². The van der Waals surface area contributed by atoms with Crippen molar-refractivity contribution >= 4 is 5.95 Å². The Hall–Kier alpha value is -1.81. The van der Waals surface area contributed by atoms with E-state index in [1.54, 1.807) is 6.20 Å². The standard InChI is InChI=1S/C15H21N3O/c1-2-3-12-19-13-10-17-15-16-9-11-18(15)14-7-5-4-6-8-14/h4-9,11H,2-3,10,12-13H2,1H3,(H,16,17). The fraction of sp³-hybridized carbons (Fsp3) is 0.400. The number of rotatable bonds is 8. The van der Waals surface area contributed by atoms with Gasteiger partial charge in [-0.15, -0.1) is 0 Å². The van der Waals surface area contributed by atoms with E-state index in [1.807, 2.05) is 29.0 Å². The Balaban J connectivity index is 1.83. The van der Waals surface area contributed by atoms with E-state index >= 15 is 0 Å². The summed E-state index contributed by atoms with van der Waals surface area (Å²) in [6.45, 7) is 4.48. The lowest BCUT2D eigenvalue weighted by Gasteiger charge is -2.10. The molecule has 0 aliphatic carbocycles. The van der Waals surface area contributed by atoms with Crippen LogP contribution in [0, 0.1) is 0 Å². The SMILES string of the molecule is CCCCOCCNc1nccn1-c1ccccc1. The maximum Gasteiger partial charge on any atom is 0.207 e. The Morgan fingerprint density at radius 1 is 1.21 bits per heavy atom. The van der Waals surface area contributed by atoms with Crippen molar-refractivity contribution in [2.75, 3.05) is 25.1 Å². The normalized spacial score (nSPS) is 10.6. The monoisotopic (exact) mass is 259 g/mol. The van der Waals surface area contributed by atoms with Gasteiger partial charge in [0.15, 0.2) is 0 Å². The Morgan fingerprint density at radius 3 is 2.84 bits per heavy atom. The minimum atomic E-state index is 0.710. The van der Waals surface area contributed by atoms with Crippen molar-refractivity contribution in [1.82, 2.24) is 9.55 Å². The van der Waals surface area contributed by atoms with Crippen molar-refractivity contribution in [3.05, 3.63) is 42.7 Å². The van der Waals surface area contributed by atoms with Crippen molar-refractivity contribution in [3.63, 3.8) is 0 Å². The summed E-state index contributed by atoms with van der Waals surface area (Å²) < 4.78 is 7.55. The van der Waals surface area contributed by atoms with Crippen LogP contribution in [0.1, 0.15) is 19.8 Å². The lowest BCUT2D eigenvalue weighted by molar-refractivity contribution is 0.141. The van der Waals surface area contributed by atoms with Crippen LogP contribution in [-0.4, -0.2) is 29.3 Å². The molecule has 4 heteroatoms. The second kappa shape index (κ2) is 7.59. The predicted molar refractivity (Wildman–Crippen MR) is 77.8 cm³/mol. The molecular formula is C15H21N3O. The van der Waals surface area contributed by atoms with Crippen LogP contribution in [0.3, 0.4) is 0 Å². The number of para-hydroxylation sites is 1. The molecule has 1 aromatic carbocycles. The maximum absolute atomic E-state index is 5.52. The zero-order chi connectivity index (χ0) is 13.3. The molecule has 0 saturated heterocycles. The highest BCUT2D eigenvalue weighted by Gasteiger charge is 2.03. The van der Waals surface area contributed by atoms with Gasteiger partial charge in [0, 0.05) is 31.2 Å². The van der Waals surface area contributed by atoms with Crippen LogP contribution in [0.15, 0.2) is 42.7 Å². The highest BCUT2D eigenvalue weighted by Crippen LogP contribution is 2.13. The van der Waals surface area contributed by atoms with Crippen LogP contribution in [0.2, 0.25) is 0 Å². The maximum atomic E-state index is 5.52. The third-order valence-electron chi connectivity index (χ3n) is 2.85. The van der Waals surface area contributed by atoms with E-state index in [1.165, 1.54) is 6.42 Å². The number of hydrogen-bond donors (Lipinski definition) is 1. The molecule has 0 amide bonds. The Labute approximate surface area is 114 Å². The first-order valence-corrected chi connectivity index (χ1v) is 6.82. The van der Waals surface area contributed by atoms with E-state index in [4.69, 9.17) is 4.74 Å². The highest BCUT2D eigenvalue weighted by molar-refractivity contribution is 5.41. The molecule has 0 spiro atoms. The quantitative estimate of drug-likeness (QED) is 0.740. The van der Waals surface area contributed by atoms with Crippen molar-refractivity contribution in [2.24, 2.45) is 0 Å². The first-order valence-electron chi connectivity index (χ1n) is 6.82. The largest absolute Gasteiger partial charge is 0.380 e. The van der Waals surface area contributed by atoms with E-state index in [-0.39, 0.29) is 0 Å². The molecule has 2 rings (SSSR count). The Morgan fingerprint density at radius 2 is 2.05 bits per heavy atom. The van der Waals surface area contributed by atoms with Crippen LogP contribution >= 0.6 is 0 Å². The fourth-order valence-electron chi connectivity index (χ4n) is 1.81. The second-order valence-corrected chi connectivity index (χ2v) is 4.35. The summed E-state index contributed by atoms with van der Waals surface area (Å²) in [6.07, 6.45) is 6.05. The van der Waals surface area contributed by atoms with Crippen LogP contribution < -0.4 is 5.32 Å². The van der Waals surface area contributed by atoms with Crippen LogP contribution in [0.5, 0.6) is 0 Å². The molecule has 0 unspecified atom stereocenters. The molecular weight excluding hydrogens is 238 g/mol. The molecule has 19 heavy (non-hydrogen) atoms. The molecule has 0 aliphatic rings. The van der Waals surface area contributed by atoms with E-state index in [0.717, 1.165) is 31.2 Å². The number of anilines is 1. The van der Waals surface area contributed by atoms with Gasteiger partial charge in [0.2, 0.25) is 5.95 Å². The molecule has 0 radical (unpaired) electrons. The van der Waals surface area contributed by atoms with Crippen LogP contribution in [-0.2, 0) is 4.74 Å². The number of hydrogen-bond acceptors (Lipinski definition) is 3. The van der Waals surface area contributed by atoms with Gasteiger partial charge in [0.05, 0.1) is 6.61 Å². The summed E-state index contributed by atoms with van der Waals surface area (Å²) in [5.74, 6) is 0.852. The van der Waals surface area contributed by atoms with Gasteiger partial charge in [-0.05, 0) is 18.6 Å². The molecule has 0 atom stereocenters. The van der Waals surface area contributed by atoms with Gasteiger partial charge < -0.3 is 10.1 Å². The number of aromatic nitrogens is 2. The number of nitrogens with one attached hydrogen (secondary N) is 1. The lowest BCUT2D eigenvalue weighted by atomic mass is 10.3. The number of unbranched alkanes of at least 4 members (excludes halogenated alkanes) is 1. The molecule has 1 heterocycles.